The summed E-state index contributed by atoms with van der Waals surface area (Å²) in [7, 11) is 0. The van der Waals surface area contributed by atoms with Gasteiger partial charge in [0.25, 0.3) is 0 Å². The van der Waals surface area contributed by atoms with Gasteiger partial charge in [0.15, 0.2) is 0 Å². The summed E-state index contributed by atoms with van der Waals surface area (Å²) in [6, 6.07) is 6.59. The van der Waals surface area contributed by atoms with Gasteiger partial charge in [-0.25, -0.2) is 9.59 Å². The van der Waals surface area contributed by atoms with E-state index >= 15 is 0 Å². The van der Waals surface area contributed by atoms with Gasteiger partial charge in [0.2, 0.25) is 0 Å². The molecule has 0 bridgehead atoms. The minimum atomic E-state index is -0.558. The highest BCUT2D eigenvalue weighted by atomic mass is 16.6. The van der Waals surface area contributed by atoms with Crippen LogP contribution in [0.5, 0.6) is 0 Å². The highest BCUT2D eigenvalue weighted by Gasteiger charge is 2.13. The SMILES string of the molecule is C=CC(=O)OC(C)COC(=O)c1ccccc1N. The van der Waals surface area contributed by atoms with Crippen LogP contribution in [0.15, 0.2) is 36.9 Å². The zero-order valence-corrected chi connectivity index (χ0v) is 10.1. The Balaban J connectivity index is 2.49. The minimum absolute atomic E-state index is 0.0350. The predicted octanol–water partition coefficient (Wildman–Crippen LogP) is 1.54. The Bertz CT molecular complexity index is 456. The van der Waals surface area contributed by atoms with E-state index in [9.17, 15) is 9.59 Å². The molecule has 0 aliphatic heterocycles. The Morgan fingerprint density at radius 3 is 2.72 bits per heavy atom. The fraction of sp³-hybridized carbons (Fsp3) is 0.231. The van der Waals surface area contributed by atoms with Gasteiger partial charge < -0.3 is 15.2 Å². The van der Waals surface area contributed by atoms with E-state index in [1.54, 1.807) is 31.2 Å². The highest BCUT2D eigenvalue weighted by molar-refractivity contribution is 5.94. The fourth-order valence-electron chi connectivity index (χ4n) is 1.23. The molecule has 0 aliphatic carbocycles. The maximum absolute atomic E-state index is 11.7. The quantitative estimate of drug-likeness (QED) is 0.486. The van der Waals surface area contributed by atoms with E-state index in [1.807, 2.05) is 0 Å². The standard InChI is InChI=1S/C13H15NO4/c1-3-12(15)18-9(2)8-17-13(16)10-6-4-5-7-11(10)14/h3-7,9H,1,8,14H2,2H3. The van der Waals surface area contributed by atoms with Crippen LogP contribution in [-0.4, -0.2) is 24.6 Å². The molecule has 96 valence electrons. The van der Waals surface area contributed by atoms with E-state index in [0.717, 1.165) is 6.08 Å². The van der Waals surface area contributed by atoms with Crippen LogP contribution in [0.25, 0.3) is 0 Å². The molecule has 5 nitrogen and oxygen atoms in total. The molecule has 0 spiro atoms. The van der Waals surface area contributed by atoms with Crippen LogP contribution in [0.2, 0.25) is 0 Å². The lowest BCUT2D eigenvalue weighted by molar-refractivity contribution is -0.144. The lowest BCUT2D eigenvalue weighted by Gasteiger charge is -2.12. The third kappa shape index (κ3) is 3.93. The number of para-hydroxylation sites is 1. The molecule has 1 aromatic carbocycles. The minimum Gasteiger partial charge on any atom is -0.458 e. The number of anilines is 1. The number of rotatable bonds is 5. The summed E-state index contributed by atoms with van der Waals surface area (Å²) in [5.74, 6) is -1.10. The van der Waals surface area contributed by atoms with Crippen molar-refractivity contribution in [1.82, 2.24) is 0 Å². The monoisotopic (exact) mass is 249 g/mol. The number of hydrogen-bond donors (Lipinski definition) is 1. The summed E-state index contributed by atoms with van der Waals surface area (Å²) in [6.45, 7) is 4.85. The average Bonchev–Trinajstić information content (AvgIpc) is 2.36. The first-order valence-electron chi connectivity index (χ1n) is 5.39. The second-order valence-corrected chi connectivity index (χ2v) is 3.64. The number of hydrogen-bond acceptors (Lipinski definition) is 5. The molecule has 0 saturated heterocycles. The van der Waals surface area contributed by atoms with Gasteiger partial charge in [-0.3, -0.25) is 0 Å². The lowest BCUT2D eigenvalue weighted by atomic mass is 10.2. The third-order valence-electron chi connectivity index (χ3n) is 2.11. The second-order valence-electron chi connectivity index (χ2n) is 3.64. The first-order chi connectivity index (χ1) is 8.54. The van der Waals surface area contributed by atoms with Crippen molar-refractivity contribution < 1.29 is 19.1 Å². The first-order valence-corrected chi connectivity index (χ1v) is 5.39. The van der Waals surface area contributed by atoms with Crippen molar-refractivity contribution in [3.8, 4) is 0 Å². The molecule has 0 fully saturated rings. The van der Waals surface area contributed by atoms with E-state index in [-0.39, 0.29) is 6.61 Å². The molecule has 0 amide bonds. The van der Waals surface area contributed by atoms with Crippen LogP contribution < -0.4 is 5.73 Å². The maximum Gasteiger partial charge on any atom is 0.340 e. The summed E-state index contributed by atoms with van der Waals surface area (Å²) in [6.07, 6.45) is 0.512. The Morgan fingerprint density at radius 1 is 1.44 bits per heavy atom. The smallest absolute Gasteiger partial charge is 0.340 e. The van der Waals surface area contributed by atoms with Crippen LogP contribution in [0.4, 0.5) is 5.69 Å². The van der Waals surface area contributed by atoms with Gasteiger partial charge in [-0.2, -0.15) is 0 Å². The molecule has 0 radical (unpaired) electrons. The number of benzene rings is 1. The largest absolute Gasteiger partial charge is 0.458 e. The Hall–Kier alpha value is -2.30. The van der Waals surface area contributed by atoms with Crippen molar-refractivity contribution in [3.05, 3.63) is 42.5 Å². The molecule has 1 unspecified atom stereocenters. The Labute approximate surface area is 105 Å². The topological polar surface area (TPSA) is 78.6 Å². The van der Waals surface area contributed by atoms with E-state index < -0.39 is 18.0 Å². The van der Waals surface area contributed by atoms with Crippen molar-refractivity contribution in [1.29, 1.82) is 0 Å². The van der Waals surface area contributed by atoms with Gasteiger partial charge in [0.1, 0.15) is 12.7 Å². The van der Waals surface area contributed by atoms with Crippen molar-refractivity contribution in [2.24, 2.45) is 0 Å². The molecule has 1 aromatic rings. The number of esters is 2. The fourth-order valence-corrected chi connectivity index (χ4v) is 1.23. The van der Waals surface area contributed by atoms with E-state index in [0.29, 0.717) is 11.3 Å². The molecule has 1 atom stereocenters. The molecular weight excluding hydrogens is 234 g/mol. The number of ether oxygens (including phenoxy) is 2. The maximum atomic E-state index is 11.7. The molecule has 1 rings (SSSR count). The van der Waals surface area contributed by atoms with E-state index in [4.69, 9.17) is 15.2 Å². The summed E-state index contributed by atoms with van der Waals surface area (Å²) >= 11 is 0. The van der Waals surface area contributed by atoms with E-state index in [2.05, 4.69) is 6.58 Å². The van der Waals surface area contributed by atoms with Crippen molar-refractivity contribution >= 4 is 17.6 Å². The van der Waals surface area contributed by atoms with Crippen molar-refractivity contribution in [3.63, 3.8) is 0 Å². The second kappa shape index (κ2) is 6.44. The zero-order valence-electron chi connectivity index (χ0n) is 10.1. The summed E-state index contributed by atoms with van der Waals surface area (Å²) in [4.78, 5) is 22.6. The zero-order chi connectivity index (χ0) is 13.5. The number of nitrogen functional groups attached to an aromatic ring is 1. The number of nitrogens with two attached hydrogens (primary N) is 1. The lowest BCUT2D eigenvalue weighted by Crippen LogP contribution is -2.21. The average molecular weight is 249 g/mol. The predicted molar refractivity (Wildman–Crippen MR) is 66.9 cm³/mol. The molecule has 0 aromatic heterocycles. The van der Waals surface area contributed by atoms with Gasteiger partial charge in [-0.15, -0.1) is 0 Å². The van der Waals surface area contributed by atoms with E-state index in [1.165, 1.54) is 0 Å². The first kappa shape index (κ1) is 13.8. The van der Waals surface area contributed by atoms with Crippen LogP contribution in [-0.2, 0) is 14.3 Å². The molecule has 0 aliphatic rings. The number of carbonyl (C=O) groups is 2. The highest BCUT2D eigenvalue weighted by Crippen LogP contribution is 2.12. The van der Waals surface area contributed by atoms with Crippen LogP contribution in [0.1, 0.15) is 17.3 Å². The Morgan fingerprint density at radius 2 is 2.11 bits per heavy atom. The molecule has 0 heterocycles. The van der Waals surface area contributed by atoms with Gasteiger partial charge in [0, 0.05) is 11.8 Å². The van der Waals surface area contributed by atoms with Gasteiger partial charge in [0.05, 0.1) is 5.56 Å². The number of carbonyl (C=O) groups excluding carboxylic acids is 2. The van der Waals surface area contributed by atoms with Crippen LogP contribution in [0.3, 0.4) is 0 Å². The molecular formula is C13H15NO4. The Kier molecular flexibility index (Phi) is 4.92. The van der Waals surface area contributed by atoms with Gasteiger partial charge >= 0.3 is 11.9 Å². The van der Waals surface area contributed by atoms with Crippen LogP contribution in [0, 0.1) is 0 Å². The normalized spacial score (nSPS) is 11.4. The molecule has 2 N–H and O–H groups in total. The summed E-state index contributed by atoms with van der Waals surface area (Å²) in [5, 5.41) is 0. The molecule has 5 heteroatoms. The summed E-state index contributed by atoms with van der Waals surface area (Å²) in [5.41, 5.74) is 6.27. The molecule has 18 heavy (non-hydrogen) atoms. The third-order valence-corrected chi connectivity index (χ3v) is 2.11. The van der Waals surface area contributed by atoms with Gasteiger partial charge in [-0.05, 0) is 19.1 Å². The summed E-state index contributed by atoms with van der Waals surface area (Å²) < 4.78 is 9.84. The van der Waals surface area contributed by atoms with Crippen molar-refractivity contribution in [2.45, 2.75) is 13.0 Å². The molecule has 0 saturated carbocycles. The van der Waals surface area contributed by atoms with Crippen LogP contribution >= 0.6 is 0 Å². The van der Waals surface area contributed by atoms with Gasteiger partial charge in [-0.1, -0.05) is 18.7 Å². The van der Waals surface area contributed by atoms with Crippen molar-refractivity contribution in [2.75, 3.05) is 12.3 Å².